The molecule has 0 aliphatic rings. The van der Waals surface area contributed by atoms with Gasteiger partial charge in [0.25, 0.3) is 0 Å². The number of rotatable bonds is 1. The molecule has 5 aromatic rings. The number of fused-ring (bicyclic) bond motifs is 4. The Kier molecular flexibility index (Phi) is 2.86. The molecule has 0 aliphatic heterocycles. The average Bonchev–Trinajstić information content (AvgIpc) is 2.67. The van der Waals surface area contributed by atoms with Crippen molar-refractivity contribution >= 4 is 32.3 Å². The summed E-state index contributed by atoms with van der Waals surface area (Å²) in [7, 11) is 0. The van der Waals surface area contributed by atoms with Gasteiger partial charge in [0.2, 0.25) is 0 Å². The summed E-state index contributed by atoms with van der Waals surface area (Å²) in [5.41, 5.74) is 2.24. The van der Waals surface area contributed by atoms with Crippen molar-refractivity contribution in [3.8, 4) is 11.3 Å². The molecule has 0 radical (unpaired) electrons. The highest BCUT2D eigenvalue weighted by Gasteiger charge is 2.12. The summed E-state index contributed by atoms with van der Waals surface area (Å²) in [5, 5.41) is 7.60. The first-order valence-electron chi connectivity index (χ1n) is 8.16. The lowest BCUT2D eigenvalue weighted by Gasteiger charge is -2.13. The summed E-state index contributed by atoms with van der Waals surface area (Å²) in [6.45, 7) is 0. The highest BCUT2D eigenvalue weighted by molar-refractivity contribution is 6.19. The van der Waals surface area contributed by atoms with Crippen LogP contribution in [0.15, 0.2) is 91.1 Å². The molecular formula is C23H15N. The van der Waals surface area contributed by atoms with Gasteiger partial charge in [0.15, 0.2) is 0 Å². The lowest BCUT2D eigenvalue weighted by atomic mass is 9.92. The van der Waals surface area contributed by atoms with Crippen molar-refractivity contribution < 1.29 is 0 Å². The normalized spacial score (nSPS) is 11.3. The van der Waals surface area contributed by atoms with Gasteiger partial charge in [0.05, 0.1) is 5.69 Å². The van der Waals surface area contributed by atoms with E-state index in [-0.39, 0.29) is 0 Å². The Morgan fingerprint density at radius 2 is 1.25 bits per heavy atom. The Labute approximate surface area is 140 Å². The van der Waals surface area contributed by atoms with Crippen LogP contribution in [0.25, 0.3) is 43.6 Å². The van der Waals surface area contributed by atoms with Crippen molar-refractivity contribution in [1.82, 2.24) is 4.98 Å². The van der Waals surface area contributed by atoms with E-state index in [9.17, 15) is 0 Å². The summed E-state index contributed by atoms with van der Waals surface area (Å²) in [4.78, 5) is 4.63. The van der Waals surface area contributed by atoms with Gasteiger partial charge in [0, 0.05) is 11.8 Å². The number of benzene rings is 4. The zero-order valence-corrected chi connectivity index (χ0v) is 13.1. The Morgan fingerprint density at radius 3 is 2.08 bits per heavy atom. The molecule has 0 saturated carbocycles. The molecule has 24 heavy (non-hydrogen) atoms. The number of pyridine rings is 1. The minimum absolute atomic E-state index is 1.02. The van der Waals surface area contributed by atoms with Crippen LogP contribution in [-0.4, -0.2) is 4.98 Å². The van der Waals surface area contributed by atoms with Crippen molar-refractivity contribution in [3.05, 3.63) is 91.1 Å². The van der Waals surface area contributed by atoms with Crippen LogP contribution < -0.4 is 0 Å². The van der Waals surface area contributed by atoms with Gasteiger partial charge in [-0.3, -0.25) is 4.98 Å². The zero-order chi connectivity index (χ0) is 15.9. The lowest BCUT2D eigenvalue weighted by molar-refractivity contribution is 1.34. The predicted molar refractivity (Wildman–Crippen MR) is 102 cm³/mol. The van der Waals surface area contributed by atoms with Crippen LogP contribution >= 0.6 is 0 Å². The van der Waals surface area contributed by atoms with Crippen LogP contribution in [0.2, 0.25) is 0 Å². The minimum Gasteiger partial charge on any atom is -0.256 e. The molecule has 0 atom stereocenters. The van der Waals surface area contributed by atoms with E-state index in [1.54, 1.807) is 0 Å². The molecule has 5 rings (SSSR count). The van der Waals surface area contributed by atoms with E-state index in [4.69, 9.17) is 0 Å². The molecular weight excluding hydrogens is 290 g/mol. The molecule has 0 bridgehead atoms. The fraction of sp³-hybridized carbons (Fsp3) is 0. The second-order valence-electron chi connectivity index (χ2n) is 6.07. The first-order chi connectivity index (χ1) is 11.9. The van der Waals surface area contributed by atoms with Gasteiger partial charge in [-0.1, -0.05) is 66.7 Å². The standard InChI is InChI=1S/C23H15N/c1-3-9-18-16(7-1)12-13-20-21(18)15-17-8-2-4-10-19(17)23(20)22-11-5-6-14-24-22/h1-15H. The van der Waals surface area contributed by atoms with Crippen molar-refractivity contribution in [1.29, 1.82) is 0 Å². The third-order valence-electron chi connectivity index (χ3n) is 4.69. The van der Waals surface area contributed by atoms with Crippen LogP contribution in [0.5, 0.6) is 0 Å². The largest absolute Gasteiger partial charge is 0.256 e. The first-order valence-corrected chi connectivity index (χ1v) is 8.16. The monoisotopic (exact) mass is 305 g/mol. The maximum absolute atomic E-state index is 4.63. The third kappa shape index (κ3) is 1.92. The molecule has 0 N–H and O–H groups in total. The van der Waals surface area contributed by atoms with E-state index in [0.29, 0.717) is 0 Å². The van der Waals surface area contributed by atoms with E-state index in [2.05, 4.69) is 83.8 Å². The molecule has 1 heteroatoms. The van der Waals surface area contributed by atoms with Gasteiger partial charge in [0.1, 0.15) is 0 Å². The quantitative estimate of drug-likeness (QED) is 0.265. The van der Waals surface area contributed by atoms with E-state index < -0.39 is 0 Å². The van der Waals surface area contributed by atoms with Crippen molar-refractivity contribution in [2.75, 3.05) is 0 Å². The summed E-state index contributed by atoms with van der Waals surface area (Å²) >= 11 is 0. The van der Waals surface area contributed by atoms with E-state index >= 15 is 0 Å². The Morgan fingerprint density at radius 1 is 0.500 bits per heavy atom. The highest BCUT2D eigenvalue weighted by atomic mass is 14.7. The summed E-state index contributed by atoms with van der Waals surface area (Å²) in [5.74, 6) is 0. The molecule has 0 saturated heterocycles. The summed E-state index contributed by atoms with van der Waals surface area (Å²) < 4.78 is 0. The zero-order valence-electron chi connectivity index (χ0n) is 13.1. The SMILES string of the molecule is c1ccc(-c2c3ccccc3cc3c2ccc2ccccc23)nc1. The van der Waals surface area contributed by atoms with Gasteiger partial charge in [-0.05, 0) is 50.5 Å². The summed E-state index contributed by atoms with van der Waals surface area (Å²) in [6.07, 6.45) is 1.87. The third-order valence-corrected chi connectivity index (χ3v) is 4.69. The fourth-order valence-corrected chi connectivity index (χ4v) is 3.61. The topological polar surface area (TPSA) is 12.9 Å². The van der Waals surface area contributed by atoms with Gasteiger partial charge in [-0.2, -0.15) is 0 Å². The molecule has 0 amide bonds. The smallest absolute Gasteiger partial charge is 0.0714 e. The van der Waals surface area contributed by atoms with Crippen LogP contribution in [-0.2, 0) is 0 Å². The van der Waals surface area contributed by atoms with Crippen LogP contribution in [0.3, 0.4) is 0 Å². The van der Waals surface area contributed by atoms with Gasteiger partial charge < -0.3 is 0 Å². The molecule has 0 fully saturated rings. The van der Waals surface area contributed by atoms with Crippen molar-refractivity contribution in [2.45, 2.75) is 0 Å². The lowest BCUT2D eigenvalue weighted by Crippen LogP contribution is -1.88. The molecule has 0 aliphatic carbocycles. The number of nitrogens with zero attached hydrogens (tertiary/aromatic N) is 1. The first kappa shape index (κ1) is 13.3. The van der Waals surface area contributed by atoms with E-state index in [1.165, 1.54) is 37.9 Å². The molecule has 0 spiro atoms. The van der Waals surface area contributed by atoms with Crippen molar-refractivity contribution in [2.24, 2.45) is 0 Å². The van der Waals surface area contributed by atoms with E-state index in [0.717, 1.165) is 5.69 Å². The van der Waals surface area contributed by atoms with Crippen LogP contribution in [0.1, 0.15) is 0 Å². The maximum atomic E-state index is 4.63. The number of hydrogen-bond acceptors (Lipinski definition) is 1. The summed E-state index contributed by atoms with van der Waals surface area (Å²) in [6, 6.07) is 30.0. The fourth-order valence-electron chi connectivity index (χ4n) is 3.61. The molecule has 1 aromatic heterocycles. The number of hydrogen-bond donors (Lipinski definition) is 0. The Balaban J connectivity index is 2.05. The predicted octanol–water partition coefficient (Wildman–Crippen LogP) is 6.21. The van der Waals surface area contributed by atoms with Crippen LogP contribution in [0, 0.1) is 0 Å². The van der Waals surface area contributed by atoms with Crippen molar-refractivity contribution in [3.63, 3.8) is 0 Å². The second kappa shape index (κ2) is 5.17. The van der Waals surface area contributed by atoms with Gasteiger partial charge >= 0.3 is 0 Å². The molecule has 0 unspecified atom stereocenters. The Hall–Kier alpha value is -3.19. The number of aromatic nitrogens is 1. The molecule has 112 valence electrons. The molecule has 1 heterocycles. The average molecular weight is 305 g/mol. The highest BCUT2D eigenvalue weighted by Crippen LogP contribution is 2.38. The van der Waals surface area contributed by atoms with Gasteiger partial charge in [-0.25, -0.2) is 0 Å². The maximum Gasteiger partial charge on any atom is 0.0714 e. The second-order valence-corrected chi connectivity index (χ2v) is 6.07. The van der Waals surface area contributed by atoms with E-state index in [1.807, 2.05) is 12.3 Å². The molecule has 4 aromatic carbocycles. The molecule has 1 nitrogen and oxygen atoms in total. The Bertz CT molecular complexity index is 1190. The van der Waals surface area contributed by atoms with Gasteiger partial charge in [-0.15, -0.1) is 0 Å². The minimum atomic E-state index is 1.02. The van der Waals surface area contributed by atoms with Crippen LogP contribution in [0.4, 0.5) is 0 Å².